The first-order chi connectivity index (χ1) is 20.9. The van der Waals surface area contributed by atoms with E-state index in [1.807, 2.05) is 43.7 Å². The molecule has 0 amide bonds. The standard InChI is InChI=1S/C32H40N8O3/c1-33-29-27(14-26(36-37-29)25-4-2-3-5-28(25)41)39-12-10-38(11-13-39)24-6-8-40(9-7-24)31-34-19-23(20-35-31)21-15-32(16-21)17-22(18-32)30(42)43/h2-5,14,19-22,24,41H,6-13,15-18H2,1H3,(H,33,37)(H,42,43). The first kappa shape index (κ1) is 27.8. The van der Waals surface area contributed by atoms with Crippen LogP contribution in [-0.2, 0) is 4.79 Å². The lowest BCUT2D eigenvalue weighted by Gasteiger charge is -2.56. The molecule has 2 saturated carbocycles. The van der Waals surface area contributed by atoms with Crippen LogP contribution in [0.3, 0.4) is 0 Å². The Morgan fingerprint density at radius 3 is 2.28 bits per heavy atom. The van der Waals surface area contributed by atoms with E-state index in [0.29, 0.717) is 23.2 Å². The van der Waals surface area contributed by atoms with Gasteiger partial charge in [0.2, 0.25) is 5.95 Å². The van der Waals surface area contributed by atoms with Gasteiger partial charge >= 0.3 is 5.97 Å². The molecule has 11 nitrogen and oxygen atoms in total. The van der Waals surface area contributed by atoms with Crippen molar-refractivity contribution in [3.63, 3.8) is 0 Å². The molecule has 2 aliphatic carbocycles. The fourth-order valence-electron chi connectivity index (χ4n) is 7.80. The predicted molar refractivity (Wildman–Crippen MR) is 165 cm³/mol. The molecule has 4 heterocycles. The van der Waals surface area contributed by atoms with Gasteiger partial charge in [-0.3, -0.25) is 9.69 Å². The van der Waals surface area contributed by atoms with Gasteiger partial charge in [-0.1, -0.05) is 12.1 Å². The second-order valence-electron chi connectivity index (χ2n) is 12.8. The first-order valence-corrected chi connectivity index (χ1v) is 15.5. The zero-order chi connectivity index (χ0) is 29.6. The molecule has 4 fully saturated rings. The minimum atomic E-state index is -0.640. The van der Waals surface area contributed by atoms with Gasteiger partial charge in [-0.25, -0.2) is 9.97 Å². The van der Waals surface area contributed by atoms with Crippen LogP contribution >= 0.6 is 0 Å². The van der Waals surface area contributed by atoms with E-state index < -0.39 is 5.97 Å². The average molecular weight is 585 g/mol. The summed E-state index contributed by atoms with van der Waals surface area (Å²) in [5, 5.41) is 31.5. The number of rotatable bonds is 7. The van der Waals surface area contributed by atoms with E-state index in [-0.39, 0.29) is 17.1 Å². The number of piperidine rings is 1. The molecule has 3 N–H and O–H groups in total. The number of phenols is 1. The molecule has 7 rings (SSSR count). The highest BCUT2D eigenvalue weighted by Crippen LogP contribution is 2.63. The molecule has 2 saturated heterocycles. The van der Waals surface area contributed by atoms with Gasteiger partial charge in [0.15, 0.2) is 5.82 Å². The second kappa shape index (κ2) is 11.3. The lowest BCUT2D eigenvalue weighted by molar-refractivity contribution is -0.155. The van der Waals surface area contributed by atoms with Crippen molar-refractivity contribution in [2.45, 2.75) is 50.5 Å². The van der Waals surface area contributed by atoms with Crippen molar-refractivity contribution in [2.24, 2.45) is 11.3 Å². The smallest absolute Gasteiger partial charge is 0.306 e. The third-order valence-electron chi connectivity index (χ3n) is 10.3. The quantitative estimate of drug-likeness (QED) is 0.374. The first-order valence-electron chi connectivity index (χ1n) is 15.5. The second-order valence-corrected chi connectivity index (χ2v) is 12.8. The number of benzene rings is 1. The number of aromatic hydroxyl groups is 1. The van der Waals surface area contributed by atoms with Gasteiger partial charge in [0.1, 0.15) is 5.75 Å². The Bertz CT molecular complexity index is 1450. The molecule has 1 aromatic carbocycles. The topological polar surface area (TPSA) is 131 Å². The summed E-state index contributed by atoms with van der Waals surface area (Å²) >= 11 is 0. The monoisotopic (exact) mass is 584 g/mol. The summed E-state index contributed by atoms with van der Waals surface area (Å²) in [4.78, 5) is 27.9. The normalized spacial score (nSPS) is 26.2. The number of aliphatic carboxylic acids is 1. The summed E-state index contributed by atoms with van der Waals surface area (Å²) in [6, 6.07) is 9.82. The van der Waals surface area contributed by atoms with Crippen molar-refractivity contribution >= 4 is 23.4 Å². The van der Waals surface area contributed by atoms with Crippen LogP contribution in [-0.4, -0.2) is 93.6 Å². The maximum atomic E-state index is 11.2. The molecular weight excluding hydrogens is 544 g/mol. The Labute approximate surface area is 252 Å². The SMILES string of the molecule is CNc1nnc(-c2ccccc2O)cc1N1CCN(C2CCN(c3ncc(C4CC5(CC(C(=O)O)C5)C4)cn3)CC2)CC1. The summed E-state index contributed by atoms with van der Waals surface area (Å²) < 4.78 is 0. The number of aromatic nitrogens is 4. The van der Waals surface area contributed by atoms with E-state index in [4.69, 9.17) is 9.97 Å². The van der Waals surface area contributed by atoms with E-state index >= 15 is 0 Å². The Morgan fingerprint density at radius 2 is 1.63 bits per heavy atom. The number of carboxylic acid groups (broad SMARTS) is 1. The summed E-state index contributed by atoms with van der Waals surface area (Å²) in [5.41, 5.74) is 3.82. The van der Waals surface area contributed by atoms with E-state index in [1.165, 1.54) is 5.56 Å². The zero-order valence-electron chi connectivity index (χ0n) is 24.7. The van der Waals surface area contributed by atoms with Crippen LogP contribution in [0.5, 0.6) is 5.75 Å². The lowest BCUT2D eigenvalue weighted by Crippen LogP contribution is -2.53. The van der Waals surface area contributed by atoms with Crippen molar-refractivity contribution in [3.8, 4) is 17.0 Å². The summed E-state index contributed by atoms with van der Waals surface area (Å²) in [6.07, 6.45) is 10.00. The number of anilines is 3. The van der Waals surface area contributed by atoms with Crippen molar-refractivity contribution < 1.29 is 15.0 Å². The molecule has 0 atom stereocenters. The van der Waals surface area contributed by atoms with Gasteiger partial charge in [0.25, 0.3) is 0 Å². The average Bonchev–Trinajstić information content (AvgIpc) is 3.00. The Kier molecular flexibility index (Phi) is 7.28. The summed E-state index contributed by atoms with van der Waals surface area (Å²) in [5.74, 6) is 1.46. The number of hydrogen-bond donors (Lipinski definition) is 3. The number of phenolic OH excluding ortho intramolecular Hbond substituents is 1. The maximum absolute atomic E-state index is 11.2. The molecule has 4 aliphatic rings. The maximum Gasteiger partial charge on any atom is 0.306 e. The predicted octanol–water partition coefficient (Wildman–Crippen LogP) is 3.83. The van der Waals surface area contributed by atoms with E-state index in [9.17, 15) is 15.0 Å². The highest BCUT2D eigenvalue weighted by Gasteiger charge is 2.55. The number of carboxylic acids is 1. The Hall–Kier alpha value is -3.99. The molecule has 43 heavy (non-hydrogen) atoms. The zero-order valence-corrected chi connectivity index (χ0v) is 24.7. The third kappa shape index (κ3) is 5.35. The molecule has 2 aromatic heterocycles. The lowest BCUT2D eigenvalue weighted by atomic mass is 9.47. The highest BCUT2D eigenvalue weighted by molar-refractivity contribution is 5.75. The van der Waals surface area contributed by atoms with Crippen LogP contribution in [0.1, 0.15) is 50.0 Å². The van der Waals surface area contributed by atoms with Crippen molar-refractivity contribution in [1.82, 2.24) is 25.1 Å². The highest BCUT2D eigenvalue weighted by atomic mass is 16.4. The number of piperazine rings is 1. The molecule has 11 heteroatoms. The number of nitrogens with zero attached hydrogens (tertiary/aromatic N) is 7. The van der Waals surface area contributed by atoms with Gasteiger partial charge < -0.3 is 25.3 Å². The van der Waals surface area contributed by atoms with Crippen LogP contribution in [0.2, 0.25) is 0 Å². The minimum Gasteiger partial charge on any atom is -0.507 e. The van der Waals surface area contributed by atoms with E-state index in [2.05, 4.69) is 30.2 Å². The van der Waals surface area contributed by atoms with Gasteiger partial charge in [0, 0.05) is 70.3 Å². The van der Waals surface area contributed by atoms with Gasteiger partial charge in [-0.2, -0.15) is 0 Å². The molecule has 0 unspecified atom stereocenters. The van der Waals surface area contributed by atoms with Gasteiger partial charge in [-0.15, -0.1) is 10.2 Å². The van der Waals surface area contributed by atoms with E-state index in [1.54, 1.807) is 6.07 Å². The fraction of sp³-hybridized carbons (Fsp3) is 0.531. The largest absolute Gasteiger partial charge is 0.507 e. The molecule has 0 radical (unpaired) electrons. The Morgan fingerprint density at radius 1 is 0.930 bits per heavy atom. The molecule has 226 valence electrons. The molecular formula is C32H40N8O3. The number of carbonyl (C=O) groups is 1. The van der Waals surface area contributed by atoms with Crippen molar-refractivity contribution in [2.75, 3.05) is 61.4 Å². The van der Waals surface area contributed by atoms with Crippen LogP contribution in [0.15, 0.2) is 42.7 Å². The van der Waals surface area contributed by atoms with Crippen molar-refractivity contribution in [1.29, 1.82) is 0 Å². The van der Waals surface area contributed by atoms with Crippen LogP contribution < -0.4 is 15.1 Å². The van der Waals surface area contributed by atoms with Gasteiger partial charge in [-0.05, 0) is 73.6 Å². The molecule has 2 aliphatic heterocycles. The van der Waals surface area contributed by atoms with Crippen LogP contribution in [0, 0.1) is 11.3 Å². The third-order valence-corrected chi connectivity index (χ3v) is 10.3. The number of hydrogen-bond acceptors (Lipinski definition) is 10. The van der Waals surface area contributed by atoms with Crippen LogP contribution in [0.4, 0.5) is 17.5 Å². The molecule has 0 bridgehead atoms. The van der Waals surface area contributed by atoms with Crippen molar-refractivity contribution in [3.05, 3.63) is 48.3 Å². The van der Waals surface area contributed by atoms with E-state index in [0.717, 1.165) is 95.2 Å². The molecule has 3 aromatic rings. The number of para-hydroxylation sites is 1. The fourth-order valence-corrected chi connectivity index (χ4v) is 7.80. The minimum absolute atomic E-state index is 0.138. The Balaban J connectivity index is 0.905. The van der Waals surface area contributed by atoms with Gasteiger partial charge in [0.05, 0.1) is 17.3 Å². The van der Waals surface area contributed by atoms with Crippen LogP contribution in [0.25, 0.3) is 11.3 Å². The summed E-state index contributed by atoms with van der Waals surface area (Å²) in [7, 11) is 1.87. The number of nitrogens with one attached hydrogen (secondary N) is 1. The summed E-state index contributed by atoms with van der Waals surface area (Å²) in [6.45, 7) is 5.70. The molecule has 1 spiro atoms.